The highest BCUT2D eigenvalue weighted by Crippen LogP contribution is 2.13. The Morgan fingerprint density at radius 1 is 1.33 bits per heavy atom. The maximum Gasteiger partial charge on any atom is 0.216 e. The van der Waals surface area contributed by atoms with Gasteiger partial charge in [0.15, 0.2) is 5.96 Å². The zero-order valence-corrected chi connectivity index (χ0v) is 17.9. The number of guanidine groups is 1. The van der Waals surface area contributed by atoms with E-state index in [9.17, 15) is 0 Å². The number of halogens is 1. The molecule has 1 aromatic heterocycles. The van der Waals surface area contributed by atoms with Gasteiger partial charge in [-0.1, -0.05) is 0 Å². The van der Waals surface area contributed by atoms with Gasteiger partial charge in [-0.25, -0.2) is 9.98 Å². The molecule has 0 unspecified atom stereocenters. The molecule has 2 N–H and O–H groups in total. The van der Waals surface area contributed by atoms with Crippen LogP contribution in [0.15, 0.2) is 9.41 Å². The van der Waals surface area contributed by atoms with Crippen LogP contribution in [-0.2, 0) is 6.54 Å². The lowest BCUT2D eigenvalue weighted by Gasteiger charge is -2.35. The summed E-state index contributed by atoms with van der Waals surface area (Å²) in [5.74, 6) is 2.39. The number of oxazole rings is 1. The van der Waals surface area contributed by atoms with Crippen molar-refractivity contribution >= 4 is 29.9 Å². The van der Waals surface area contributed by atoms with Gasteiger partial charge >= 0.3 is 0 Å². The van der Waals surface area contributed by atoms with Crippen molar-refractivity contribution in [3.05, 3.63) is 17.3 Å². The largest absolute Gasteiger partial charge is 0.444 e. The number of hydrogen-bond acceptors (Lipinski definition) is 4. The lowest BCUT2D eigenvalue weighted by molar-refractivity contribution is 0.167. The second kappa shape index (κ2) is 10.2. The topological polar surface area (TPSA) is 65.7 Å². The normalized spacial score (nSPS) is 17.0. The summed E-state index contributed by atoms with van der Waals surface area (Å²) in [6.07, 6.45) is 2.31. The van der Waals surface area contributed by atoms with Crippen molar-refractivity contribution in [3.63, 3.8) is 0 Å². The summed E-state index contributed by atoms with van der Waals surface area (Å²) in [4.78, 5) is 11.5. The predicted molar refractivity (Wildman–Crippen MR) is 109 cm³/mol. The van der Waals surface area contributed by atoms with Crippen molar-refractivity contribution in [2.24, 2.45) is 4.99 Å². The Kier molecular flexibility index (Phi) is 9.04. The quantitative estimate of drug-likeness (QED) is 0.411. The van der Waals surface area contributed by atoms with Crippen molar-refractivity contribution in [3.8, 4) is 0 Å². The highest BCUT2D eigenvalue weighted by Gasteiger charge is 2.21. The molecule has 0 spiro atoms. The lowest BCUT2D eigenvalue weighted by atomic mass is 10.0. The van der Waals surface area contributed by atoms with Gasteiger partial charge in [0.2, 0.25) is 5.89 Å². The SMILES string of the molecule is CCNC(=NCc1nc(C)c(C)o1)NC1CCN(C(C)C)CC1.I. The third-order valence-electron chi connectivity index (χ3n) is 4.39. The summed E-state index contributed by atoms with van der Waals surface area (Å²) < 4.78 is 5.59. The molecule has 0 bridgehead atoms. The van der Waals surface area contributed by atoms with Crippen LogP contribution in [0.4, 0.5) is 0 Å². The highest BCUT2D eigenvalue weighted by atomic mass is 127. The molecule has 0 saturated carbocycles. The number of likely N-dealkylation sites (tertiary alicyclic amines) is 1. The van der Waals surface area contributed by atoms with Crippen molar-refractivity contribution in [1.82, 2.24) is 20.5 Å². The fourth-order valence-electron chi connectivity index (χ4n) is 2.83. The molecule has 1 aliphatic rings. The van der Waals surface area contributed by atoms with E-state index in [2.05, 4.69) is 46.3 Å². The van der Waals surface area contributed by atoms with Crippen molar-refractivity contribution in [2.75, 3.05) is 19.6 Å². The Bertz CT molecular complexity index is 502. The van der Waals surface area contributed by atoms with E-state index >= 15 is 0 Å². The van der Waals surface area contributed by atoms with Gasteiger partial charge in [-0.15, -0.1) is 24.0 Å². The van der Waals surface area contributed by atoms with Crippen LogP contribution in [0, 0.1) is 13.8 Å². The average molecular weight is 449 g/mol. The van der Waals surface area contributed by atoms with Crippen LogP contribution in [0.3, 0.4) is 0 Å². The summed E-state index contributed by atoms with van der Waals surface area (Å²) in [6, 6.07) is 1.12. The number of hydrogen-bond donors (Lipinski definition) is 2. The van der Waals surface area contributed by atoms with Gasteiger partial charge in [-0.2, -0.15) is 0 Å². The standard InChI is InChI=1S/C17H31N5O.HI/c1-6-18-17(19-11-16-20-13(4)14(5)23-16)21-15-7-9-22(10-8-15)12(2)3;/h12,15H,6-11H2,1-5H3,(H2,18,19,21);1H. The molecule has 7 heteroatoms. The van der Waals surface area contributed by atoms with Crippen molar-refractivity contribution in [1.29, 1.82) is 0 Å². The molecule has 2 rings (SSSR count). The zero-order chi connectivity index (χ0) is 16.8. The fraction of sp³-hybridized carbons (Fsp3) is 0.765. The number of aryl methyl sites for hydroxylation is 2. The summed E-state index contributed by atoms with van der Waals surface area (Å²) in [6.45, 7) is 14.1. The molecule has 0 radical (unpaired) electrons. The van der Waals surface area contributed by atoms with Gasteiger partial charge in [-0.05, 0) is 47.5 Å². The molecule has 0 atom stereocenters. The predicted octanol–water partition coefficient (Wildman–Crippen LogP) is 2.84. The van der Waals surface area contributed by atoms with E-state index < -0.39 is 0 Å². The Hall–Kier alpha value is -0.830. The third-order valence-corrected chi connectivity index (χ3v) is 4.39. The molecule has 0 aromatic carbocycles. The first-order valence-electron chi connectivity index (χ1n) is 8.71. The molecule has 24 heavy (non-hydrogen) atoms. The smallest absolute Gasteiger partial charge is 0.216 e. The summed E-state index contributed by atoms with van der Waals surface area (Å²) in [5, 5.41) is 6.86. The van der Waals surface area contributed by atoms with Crippen LogP contribution in [0.2, 0.25) is 0 Å². The fourth-order valence-corrected chi connectivity index (χ4v) is 2.83. The average Bonchev–Trinajstić information content (AvgIpc) is 2.84. The van der Waals surface area contributed by atoms with Gasteiger partial charge < -0.3 is 20.0 Å². The molecule has 1 aromatic rings. The minimum absolute atomic E-state index is 0. The molecule has 138 valence electrons. The van der Waals surface area contributed by atoms with E-state index in [1.165, 1.54) is 0 Å². The highest BCUT2D eigenvalue weighted by molar-refractivity contribution is 14.0. The summed E-state index contributed by atoms with van der Waals surface area (Å²) >= 11 is 0. The van der Waals surface area contributed by atoms with E-state index in [0.717, 1.165) is 49.9 Å². The van der Waals surface area contributed by atoms with Crippen LogP contribution in [-0.4, -0.2) is 47.6 Å². The van der Waals surface area contributed by atoms with E-state index in [0.29, 0.717) is 24.5 Å². The molecular weight excluding hydrogens is 417 g/mol. The van der Waals surface area contributed by atoms with E-state index in [1.807, 2.05) is 13.8 Å². The number of aliphatic imine (C=N–C) groups is 1. The van der Waals surface area contributed by atoms with Crippen LogP contribution in [0.5, 0.6) is 0 Å². The summed E-state index contributed by atoms with van der Waals surface area (Å²) in [7, 11) is 0. The molecule has 1 saturated heterocycles. The number of piperidine rings is 1. The number of nitrogens with one attached hydrogen (secondary N) is 2. The van der Waals surface area contributed by atoms with E-state index in [1.54, 1.807) is 0 Å². The van der Waals surface area contributed by atoms with Gasteiger partial charge in [0.25, 0.3) is 0 Å². The second-order valence-corrected chi connectivity index (χ2v) is 6.49. The van der Waals surface area contributed by atoms with Crippen LogP contribution in [0.1, 0.15) is 51.0 Å². The van der Waals surface area contributed by atoms with E-state index in [-0.39, 0.29) is 24.0 Å². The number of rotatable bonds is 5. The maximum atomic E-state index is 5.59. The van der Waals surface area contributed by atoms with Gasteiger partial charge in [0, 0.05) is 31.7 Å². The first kappa shape index (κ1) is 21.2. The molecule has 1 aliphatic heterocycles. The Labute approximate surface area is 162 Å². The molecule has 6 nitrogen and oxygen atoms in total. The number of nitrogens with zero attached hydrogens (tertiary/aromatic N) is 3. The van der Waals surface area contributed by atoms with Gasteiger partial charge in [0.05, 0.1) is 5.69 Å². The maximum absolute atomic E-state index is 5.59. The van der Waals surface area contributed by atoms with Gasteiger partial charge in [-0.3, -0.25) is 0 Å². The zero-order valence-electron chi connectivity index (χ0n) is 15.6. The Balaban J connectivity index is 0.00000288. The van der Waals surface area contributed by atoms with Crippen LogP contribution < -0.4 is 10.6 Å². The third kappa shape index (κ3) is 6.23. The minimum Gasteiger partial charge on any atom is -0.444 e. The Morgan fingerprint density at radius 3 is 2.50 bits per heavy atom. The summed E-state index contributed by atoms with van der Waals surface area (Å²) in [5.41, 5.74) is 0.939. The first-order chi connectivity index (χ1) is 11.0. The second-order valence-electron chi connectivity index (χ2n) is 6.49. The molecule has 0 amide bonds. The van der Waals surface area contributed by atoms with Crippen LogP contribution >= 0.6 is 24.0 Å². The van der Waals surface area contributed by atoms with Crippen molar-refractivity contribution in [2.45, 2.75) is 66.1 Å². The first-order valence-corrected chi connectivity index (χ1v) is 8.71. The van der Waals surface area contributed by atoms with Gasteiger partial charge in [0.1, 0.15) is 12.3 Å². The lowest BCUT2D eigenvalue weighted by Crippen LogP contribution is -2.49. The van der Waals surface area contributed by atoms with E-state index in [4.69, 9.17) is 4.42 Å². The number of aromatic nitrogens is 1. The minimum atomic E-state index is 0. The molecule has 0 aliphatic carbocycles. The van der Waals surface area contributed by atoms with Crippen molar-refractivity contribution < 1.29 is 4.42 Å². The molecule has 2 heterocycles. The molecule has 1 fully saturated rings. The molecular formula is C17H32IN5O. The monoisotopic (exact) mass is 449 g/mol. The Morgan fingerprint density at radius 2 is 2.00 bits per heavy atom. The van der Waals surface area contributed by atoms with Crippen LogP contribution in [0.25, 0.3) is 0 Å².